The van der Waals surface area contributed by atoms with Gasteiger partial charge in [-0.2, -0.15) is 0 Å². The van der Waals surface area contributed by atoms with E-state index >= 15 is 0 Å². The van der Waals surface area contributed by atoms with Gasteiger partial charge in [0.15, 0.2) is 0 Å². The summed E-state index contributed by atoms with van der Waals surface area (Å²) in [6.07, 6.45) is 3.08. The second kappa shape index (κ2) is 9.15. The number of H-pyrrole nitrogens is 1. The zero-order valence-electron chi connectivity index (χ0n) is 14.6. The molecule has 0 bridgehead atoms. The first kappa shape index (κ1) is 18.1. The van der Waals surface area contributed by atoms with Crippen LogP contribution in [0.25, 0.3) is 0 Å². The third-order valence-electron chi connectivity index (χ3n) is 4.28. The topological polar surface area (TPSA) is 84.5 Å². The van der Waals surface area contributed by atoms with Gasteiger partial charge in [-0.05, 0) is 25.0 Å². The molecule has 0 aliphatic carbocycles. The molecule has 1 aliphatic rings. The molecule has 7 nitrogen and oxygen atoms in total. The van der Waals surface area contributed by atoms with Crippen LogP contribution in [0.5, 0.6) is 5.75 Å². The zero-order chi connectivity index (χ0) is 18.2. The van der Waals surface area contributed by atoms with Gasteiger partial charge < -0.3 is 19.4 Å². The molecular weight excluding hydrogens is 334 g/mol. The monoisotopic (exact) mass is 357 g/mol. The van der Waals surface area contributed by atoms with Crippen molar-refractivity contribution in [2.24, 2.45) is 0 Å². The summed E-state index contributed by atoms with van der Waals surface area (Å²) in [6.45, 7) is 2.05. The molecule has 1 aliphatic heterocycles. The molecule has 138 valence electrons. The number of carbonyl (C=O) groups excluding carboxylic acids is 1. The molecule has 2 heterocycles. The maximum Gasteiger partial charge on any atom is 0.250 e. The number of aryl methyl sites for hydroxylation is 1. The van der Waals surface area contributed by atoms with E-state index < -0.39 is 0 Å². The standard InChI is InChI=1S/C19H23N3O4/c23-18-12-15(20-14-21-18)6-7-17-13-22(9-11-26-17)19(24)8-10-25-16-4-2-1-3-5-16/h1-5,12,14,17H,6-11,13H2,(H,20,21,23)/t17-/m0/s1. The quantitative estimate of drug-likeness (QED) is 0.810. The van der Waals surface area contributed by atoms with Gasteiger partial charge in [-0.25, -0.2) is 4.98 Å². The third-order valence-corrected chi connectivity index (χ3v) is 4.28. The molecule has 2 aromatic rings. The number of nitrogens with zero attached hydrogens (tertiary/aromatic N) is 2. The van der Waals surface area contributed by atoms with E-state index in [9.17, 15) is 9.59 Å². The second-order valence-corrected chi connectivity index (χ2v) is 6.19. The smallest absolute Gasteiger partial charge is 0.250 e. The molecule has 7 heteroatoms. The maximum atomic E-state index is 12.4. The van der Waals surface area contributed by atoms with Crippen LogP contribution in [0.2, 0.25) is 0 Å². The van der Waals surface area contributed by atoms with Gasteiger partial charge in [-0.15, -0.1) is 0 Å². The van der Waals surface area contributed by atoms with Crippen molar-refractivity contribution in [1.29, 1.82) is 0 Å². The highest BCUT2D eigenvalue weighted by molar-refractivity contribution is 5.76. The summed E-state index contributed by atoms with van der Waals surface area (Å²) in [7, 11) is 0. The molecule has 1 saturated heterocycles. The summed E-state index contributed by atoms with van der Waals surface area (Å²) in [4.78, 5) is 32.1. The van der Waals surface area contributed by atoms with Crippen molar-refractivity contribution >= 4 is 5.91 Å². The van der Waals surface area contributed by atoms with Crippen LogP contribution in [-0.4, -0.2) is 53.2 Å². The lowest BCUT2D eigenvalue weighted by Crippen LogP contribution is -2.46. The van der Waals surface area contributed by atoms with Gasteiger partial charge in [-0.1, -0.05) is 18.2 Å². The van der Waals surface area contributed by atoms with Gasteiger partial charge >= 0.3 is 0 Å². The Morgan fingerprint density at radius 2 is 2.19 bits per heavy atom. The van der Waals surface area contributed by atoms with Gasteiger partial charge in [0.25, 0.3) is 5.56 Å². The molecular formula is C19H23N3O4. The van der Waals surface area contributed by atoms with E-state index in [1.54, 1.807) is 0 Å². The fourth-order valence-corrected chi connectivity index (χ4v) is 2.91. The van der Waals surface area contributed by atoms with Gasteiger partial charge in [0.1, 0.15) is 5.75 Å². The summed E-state index contributed by atoms with van der Waals surface area (Å²) >= 11 is 0. The van der Waals surface area contributed by atoms with E-state index in [0.717, 1.165) is 17.9 Å². The number of hydrogen-bond acceptors (Lipinski definition) is 5. The van der Waals surface area contributed by atoms with Gasteiger partial charge in [0.05, 0.1) is 32.1 Å². The number of nitrogens with one attached hydrogen (secondary N) is 1. The summed E-state index contributed by atoms with van der Waals surface area (Å²) in [5.74, 6) is 0.842. The minimum absolute atomic E-state index is 0.0381. The number of amides is 1. The van der Waals surface area contributed by atoms with E-state index in [1.807, 2.05) is 35.2 Å². The number of benzene rings is 1. The summed E-state index contributed by atoms with van der Waals surface area (Å²) in [6, 6.07) is 11.0. The van der Waals surface area contributed by atoms with E-state index in [4.69, 9.17) is 9.47 Å². The van der Waals surface area contributed by atoms with E-state index in [2.05, 4.69) is 9.97 Å². The molecule has 26 heavy (non-hydrogen) atoms. The normalized spacial score (nSPS) is 17.1. The molecule has 0 radical (unpaired) electrons. The Kier molecular flexibility index (Phi) is 6.38. The highest BCUT2D eigenvalue weighted by atomic mass is 16.5. The number of hydrogen-bond donors (Lipinski definition) is 1. The number of morpholine rings is 1. The predicted octanol–water partition coefficient (Wildman–Crippen LogP) is 1.40. The Hall–Kier alpha value is -2.67. The van der Waals surface area contributed by atoms with E-state index in [0.29, 0.717) is 39.1 Å². The lowest BCUT2D eigenvalue weighted by molar-refractivity contribution is -0.139. The summed E-state index contributed by atoms with van der Waals surface area (Å²) in [5, 5.41) is 0. The van der Waals surface area contributed by atoms with Crippen LogP contribution in [0.4, 0.5) is 0 Å². The fourth-order valence-electron chi connectivity index (χ4n) is 2.91. The zero-order valence-corrected chi connectivity index (χ0v) is 14.6. The third kappa shape index (κ3) is 5.42. The molecule has 1 atom stereocenters. The lowest BCUT2D eigenvalue weighted by atomic mass is 10.1. The molecule has 1 N–H and O–H groups in total. The number of aromatic amines is 1. The van der Waals surface area contributed by atoms with Crippen LogP contribution in [0.3, 0.4) is 0 Å². The minimum atomic E-state index is -0.158. The van der Waals surface area contributed by atoms with Gasteiger partial charge in [-0.3, -0.25) is 9.59 Å². The highest BCUT2D eigenvalue weighted by Crippen LogP contribution is 2.13. The van der Waals surface area contributed by atoms with E-state index in [1.165, 1.54) is 12.4 Å². The fraction of sp³-hybridized carbons (Fsp3) is 0.421. The van der Waals surface area contributed by atoms with Crippen LogP contribution in [0, 0.1) is 0 Å². The molecule has 1 amide bonds. The SMILES string of the molecule is O=C(CCOc1ccccc1)N1CCO[C@@H](CCc2cc(=O)[nH]cn2)C1. The maximum absolute atomic E-state index is 12.4. The van der Waals surface area contributed by atoms with Crippen LogP contribution in [0.15, 0.2) is 47.5 Å². The van der Waals surface area contributed by atoms with Gasteiger partial charge in [0.2, 0.25) is 5.91 Å². The van der Waals surface area contributed by atoms with E-state index in [-0.39, 0.29) is 17.6 Å². The first-order valence-corrected chi connectivity index (χ1v) is 8.81. The van der Waals surface area contributed by atoms with Crippen LogP contribution >= 0.6 is 0 Å². The molecule has 1 fully saturated rings. The molecule has 1 aromatic heterocycles. The Balaban J connectivity index is 1.42. The van der Waals surface area contributed by atoms with Crippen molar-refractivity contribution < 1.29 is 14.3 Å². The first-order chi connectivity index (χ1) is 12.7. The average Bonchev–Trinajstić information content (AvgIpc) is 2.67. The number of carbonyl (C=O) groups is 1. The molecule has 3 rings (SSSR count). The predicted molar refractivity (Wildman–Crippen MR) is 96.1 cm³/mol. The Morgan fingerprint density at radius 3 is 3.00 bits per heavy atom. The van der Waals surface area contributed by atoms with Crippen LogP contribution in [-0.2, 0) is 16.0 Å². The minimum Gasteiger partial charge on any atom is -0.493 e. The highest BCUT2D eigenvalue weighted by Gasteiger charge is 2.24. The van der Waals surface area contributed by atoms with Crippen molar-refractivity contribution in [3.63, 3.8) is 0 Å². The number of para-hydroxylation sites is 1. The second-order valence-electron chi connectivity index (χ2n) is 6.19. The molecule has 1 aromatic carbocycles. The number of rotatable bonds is 7. The Labute approximate surface area is 152 Å². The van der Waals surface area contributed by atoms with Crippen molar-refractivity contribution in [2.45, 2.75) is 25.4 Å². The summed E-state index contributed by atoms with van der Waals surface area (Å²) < 4.78 is 11.3. The van der Waals surface area contributed by atoms with Gasteiger partial charge in [0, 0.05) is 24.8 Å². The summed E-state index contributed by atoms with van der Waals surface area (Å²) in [5.41, 5.74) is 0.576. The average molecular weight is 357 g/mol. The number of ether oxygens (including phenoxy) is 2. The van der Waals surface area contributed by atoms with Crippen molar-refractivity contribution in [2.75, 3.05) is 26.3 Å². The van der Waals surface area contributed by atoms with Crippen LogP contribution < -0.4 is 10.3 Å². The van der Waals surface area contributed by atoms with Crippen molar-refractivity contribution in [3.8, 4) is 5.75 Å². The Morgan fingerprint density at radius 1 is 1.35 bits per heavy atom. The van der Waals surface area contributed by atoms with Crippen molar-refractivity contribution in [1.82, 2.24) is 14.9 Å². The Bertz CT molecular complexity index is 763. The number of aromatic nitrogens is 2. The van der Waals surface area contributed by atoms with Crippen molar-refractivity contribution in [3.05, 3.63) is 58.8 Å². The lowest BCUT2D eigenvalue weighted by Gasteiger charge is -2.33. The molecule has 0 spiro atoms. The molecule has 0 unspecified atom stereocenters. The first-order valence-electron chi connectivity index (χ1n) is 8.81. The molecule has 0 saturated carbocycles. The van der Waals surface area contributed by atoms with Crippen LogP contribution in [0.1, 0.15) is 18.5 Å². The largest absolute Gasteiger partial charge is 0.493 e.